The van der Waals surface area contributed by atoms with E-state index in [-0.39, 0.29) is 24.0 Å². The number of carbonyl (C=O) groups excluding carboxylic acids is 1. The molecule has 2 rings (SSSR count). The Bertz CT molecular complexity index is 887. The number of hydrogen-bond donors (Lipinski definition) is 1. The highest BCUT2D eigenvalue weighted by Gasteiger charge is 2.14. The van der Waals surface area contributed by atoms with Crippen molar-refractivity contribution >= 4 is 40.3 Å². The van der Waals surface area contributed by atoms with E-state index in [0.717, 1.165) is 37.1 Å². The van der Waals surface area contributed by atoms with Crippen LogP contribution in [0.4, 0.5) is 0 Å². The number of aliphatic hydroxyl groups excluding tert-OH is 1. The van der Waals surface area contributed by atoms with E-state index in [4.69, 9.17) is 33.0 Å². The molecular formula is C26H42Cl2N4O3. The highest BCUT2D eigenvalue weighted by atomic mass is 35.5. The lowest BCUT2D eigenvalue weighted by Gasteiger charge is -2.12. The van der Waals surface area contributed by atoms with Gasteiger partial charge in [-0.2, -0.15) is 4.98 Å². The Morgan fingerprint density at radius 3 is 1.97 bits per heavy atom. The van der Waals surface area contributed by atoms with Gasteiger partial charge in [-0.05, 0) is 37.8 Å². The summed E-state index contributed by atoms with van der Waals surface area (Å²) in [6.07, 6.45) is 16.5. The number of nitrogens with zero attached hydrogens (tertiary/aromatic N) is 4. The second kappa shape index (κ2) is 17.1. The van der Waals surface area contributed by atoms with Crippen LogP contribution in [0.25, 0.3) is 11.2 Å². The molecule has 0 bridgehead atoms. The zero-order valence-electron chi connectivity index (χ0n) is 21.4. The minimum atomic E-state index is -0.342. The third-order valence-corrected chi connectivity index (χ3v) is 6.88. The third-order valence-electron chi connectivity index (χ3n) is 6.44. The van der Waals surface area contributed by atoms with Gasteiger partial charge in [0.1, 0.15) is 17.4 Å². The van der Waals surface area contributed by atoms with E-state index in [0.29, 0.717) is 23.6 Å². The summed E-state index contributed by atoms with van der Waals surface area (Å²) in [7, 11) is 0. The Balaban J connectivity index is 1.41. The first-order chi connectivity index (χ1) is 17.0. The summed E-state index contributed by atoms with van der Waals surface area (Å²) in [6, 6.07) is 0. The maximum atomic E-state index is 11.7. The lowest BCUT2D eigenvalue weighted by Crippen LogP contribution is -2.20. The maximum Gasteiger partial charge on any atom is 0.306 e. The van der Waals surface area contributed by atoms with Crippen molar-refractivity contribution in [2.45, 2.75) is 123 Å². The second-order valence-electron chi connectivity index (χ2n) is 9.32. The molecule has 198 valence electrons. The number of ether oxygens (including phenoxy) is 1. The van der Waals surface area contributed by atoms with E-state index in [1.54, 1.807) is 0 Å². The number of carbonyl (C=O) groups is 1. The quantitative estimate of drug-likeness (QED) is 0.0895. The number of esters is 1. The predicted octanol–water partition coefficient (Wildman–Crippen LogP) is 7.22. The minimum Gasteiger partial charge on any atom is -0.460 e. The number of hydrogen-bond acceptors (Lipinski definition) is 6. The van der Waals surface area contributed by atoms with Gasteiger partial charge in [-0.25, -0.2) is 9.97 Å². The molecule has 2 aromatic rings. The topological polar surface area (TPSA) is 90.1 Å². The van der Waals surface area contributed by atoms with Crippen molar-refractivity contribution in [3.63, 3.8) is 0 Å². The first kappa shape index (κ1) is 29.8. The lowest BCUT2D eigenvalue weighted by atomic mass is 10.0. The van der Waals surface area contributed by atoms with Crippen molar-refractivity contribution in [1.29, 1.82) is 0 Å². The first-order valence-corrected chi connectivity index (χ1v) is 14.1. The van der Waals surface area contributed by atoms with Crippen molar-refractivity contribution < 1.29 is 14.6 Å². The first-order valence-electron chi connectivity index (χ1n) is 13.3. The molecule has 0 fully saturated rings. The zero-order chi connectivity index (χ0) is 25.5. The van der Waals surface area contributed by atoms with Crippen LogP contribution in [0.1, 0.15) is 109 Å². The molecule has 35 heavy (non-hydrogen) atoms. The van der Waals surface area contributed by atoms with Crippen LogP contribution in [0.15, 0.2) is 0 Å². The van der Waals surface area contributed by atoms with Gasteiger partial charge in [0.2, 0.25) is 5.28 Å². The van der Waals surface area contributed by atoms with Gasteiger partial charge in [-0.1, -0.05) is 89.2 Å². The van der Waals surface area contributed by atoms with Crippen LogP contribution in [0, 0.1) is 6.92 Å². The Morgan fingerprint density at radius 2 is 1.43 bits per heavy atom. The number of aliphatic hydroxyl groups is 1. The summed E-state index contributed by atoms with van der Waals surface area (Å²) in [5.41, 5.74) is 1.34. The van der Waals surface area contributed by atoms with Crippen molar-refractivity contribution in [2.75, 3.05) is 6.61 Å². The largest absolute Gasteiger partial charge is 0.460 e. The van der Waals surface area contributed by atoms with Gasteiger partial charge >= 0.3 is 5.97 Å². The van der Waals surface area contributed by atoms with Gasteiger partial charge in [0.25, 0.3) is 0 Å². The van der Waals surface area contributed by atoms with Gasteiger partial charge in [0.15, 0.2) is 10.8 Å². The van der Waals surface area contributed by atoms with E-state index < -0.39 is 0 Å². The summed E-state index contributed by atoms with van der Waals surface area (Å²) in [5.74, 6) is 0.713. The summed E-state index contributed by atoms with van der Waals surface area (Å²) in [6.45, 7) is 4.65. The smallest absolute Gasteiger partial charge is 0.306 e. The van der Waals surface area contributed by atoms with E-state index >= 15 is 0 Å². The Morgan fingerprint density at radius 1 is 0.886 bits per heavy atom. The van der Waals surface area contributed by atoms with Crippen LogP contribution >= 0.6 is 23.2 Å². The fraction of sp³-hybridized carbons (Fsp3) is 0.769. The van der Waals surface area contributed by atoms with Crippen molar-refractivity contribution in [2.24, 2.45) is 0 Å². The molecule has 0 saturated heterocycles. The van der Waals surface area contributed by atoms with Gasteiger partial charge in [0, 0.05) is 13.0 Å². The number of unbranched alkanes of at least 4 members (excludes halogenated alkanes) is 12. The highest BCUT2D eigenvalue weighted by molar-refractivity contribution is 6.35. The molecule has 0 spiro atoms. The normalized spacial score (nSPS) is 12.4. The predicted molar refractivity (Wildman–Crippen MR) is 142 cm³/mol. The second-order valence-corrected chi connectivity index (χ2v) is 10.0. The molecular weight excluding hydrogens is 487 g/mol. The third kappa shape index (κ3) is 11.0. The van der Waals surface area contributed by atoms with Crippen LogP contribution in [0.2, 0.25) is 10.4 Å². The molecule has 7 nitrogen and oxygen atoms in total. The van der Waals surface area contributed by atoms with Crippen LogP contribution < -0.4 is 0 Å². The SMILES string of the molecule is CCC(CO)OC(=O)CCCCCCCCCCCCCCCn1c(C)nc2nc(Cl)nc(Cl)c21. The molecule has 0 aliphatic carbocycles. The van der Waals surface area contributed by atoms with Crippen molar-refractivity contribution in [1.82, 2.24) is 19.5 Å². The molecule has 0 amide bonds. The van der Waals surface area contributed by atoms with E-state index in [1.807, 2.05) is 13.8 Å². The molecule has 1 unspecified atom stereocenters. The summed E-state index contributed by atoms with van der Waals surface area (Å²) in [5, 5.41) is 9.56. The number of imidazole rings is 1. The van der Waals surface area contributed by atoms with E-state index in [9.17, 15) is 4.79 Å². The number of aromatic nitrogens is 4. The number of fused-ring (bicyclic) bond motifs is 1. The summed E-state index contributed by atoms with van der Waals surface area (Å²) < 4.78 is 7.30. The number of aryl methyl sites for hydroxylation is 2. The molecule has 2 heterocycles. The van der Waals surface area contributed by atoms with Gasteiger partial charge in [-0.15, -0.1) is 0 Å². The molecule has 0 saturated carbocycles. The summed E-state index contributed by atoms with van der Waals surface area (Å²) in [4.78, 5) is 24.4. The lowest BCUT2D eigenvalue weighted by molar-refractivity contribution is -0.151. The average molecular weight is 530 g/mol. The zero-order valence-corrected chi connectivity index (χ0v) is 22.9. The standard InChI is InChI=1S/C26H42Cl2N4O3/c1-3-21(19-33)35-22(34)17-15-13-11-9-7-5-4-6-8-10-12-14-16-18-32-20(2)29-25-23(32)24(27)30-26(28)31-25/h21,33H,3-19H2,1-2H3. The molecule has 9 heteroatoms. The van der Waals surface area contributed by atoms with Gasteiger partial charge in [0.05, 0.1) is 6.61 Å². The van der Waals surface area contributed by atoms with Crippen molar-refractivity contribution in [3.8, 4) is 0 Å². The van der Waals surface area contributed by atoms with Crippen LogP contribution in [0.3, 0.4) is 0 Å². The molecule has 1 atom stereocenters. The van der Waals surface area contributed by atoms with Crippen LogP contribution in [0.5, 0.6) is 0 Å². The van der Waals surface area contributed by atoms with Crippen molar-refractivity contribution in [3.05, 3.63) is 16.3 Å². The fourth-order valence-electron chi connectivity index (χ4n) is 4.33. The Kier molecular flexibility index (Phi) is 14.5. The molecule has 1 N–H and O–H groups in total. The minimum absolute atomic E-state index is 0.0891. The molecule has 2 aromatic heterocycles. The molecule has 0 aliphatic rings. The van der Waals surface area contributed by atoms with E-state index in [1.165, 1.54) is 64.2 Å². The van der Waals surface area contributed by atoms with Gasteiger partial charge in [-0.3, -0.25) is 4.79 Å². The summed E-state index contributed by atoms with van der Waals surface area (Å²) >= 11 is 12.1. The fourth-order valence-corrected chi connectivity index (χ4v) is 4.80. The molecule has 0 radical (unpaired) electrons. The maximum absolute atomic E-state index is 11.7. The van der Waals surface area contributed by atoms with E-state index in [2.05, 4.69) is 19.5 Å². The Hall–Kier alpha value is -1.44. The monoisotopic (exact) mass is 528 g/mol. The Labute approximate surface area is 220 Å². The molecule has 0 aromatic carbocycles. The average Bonchev–Trinajstić information content (AvgIpc) is 3.14. The number of rotatable bonds is 19. The number of halogens is 2. The molecule has 0 aliphatic heterocycles. The highest BCUT2D eigenvalue weighted by Crippen LogP contribution is 2.24. The van der Waals surface area contributed by atoms with Crippen LogP contribution in [-0.2, 0) is 16.1 Å². The van der Waals surface area contributed by atoms with Gasteiger partial charge < -0.3 is 14.4 Å². The van der Waals surface area contributed by atoms with Crippen LogP contribution in [-0.4, -0.2) is 43.3 Å².